The highest BCUT2D eigenvalue weighted by atomic mass is 35.5. The molecule has 3 aliphatic rings. The number of hydrogen-bond donors (Lipinski definition) is 3. The van der Waals surface area contributed by atoms with E-state index in [4.69, 9.17) is 16.3 Å². The molecule has 16 nitrogen and oxygen atoms in total. The van der Waals surface area contributed by atoms with Gasteiger partial charge in [-0.3, -0.25) is 24.6 Å². The van der Waals surface area contributed by atoms with E-state index in [0.29, 0.717) is 44.1 Å². The third-order valence-electron chi connectivity index (χ3n) is 12.9. The van der Waals surface area contributed by atoms with Crippen LogP contribution in [0, 0.1) is 20.9 Å². The molecule has 4 heterocycles. The van der Waals surface area contributed by atoms with E-state index in [1.165, 1.54) is 41.1 Å². The van der Waals surface area contributed by atoms with Crippen LogP contribution in [-0.2, 0) is 14.8 Å². The van der Waals surface area contributed by atoms with Crippen molar-refractivity contribution in [2.45, 2.75) is 64.8 Å². The molecular formula is C48H56ClN9O7S. The first kappa shape index (κ1) is 46.5. The summed E-state index contributed by atoms with van der Waals surface area (Å²) in [6, 6.07) is 20.0. The van der Waals surface area contributed by atoms with Gasteiger partial charge in [0.2, 0.25) is 6.41 Å². The molecule has 2 aliphatic heterocycles. The third kappa shape index (κ3) is 10.5. The standard InChI is InChI=1S/C48H56ClN9O7S/c1-47(2,3)44-30-57(23-22-56(44)31-59)52-41-13-11-38(26-42(41)58(61)62)66(63,64)53-46(60)39-12-10-36(25-43(39)65-37-24-33-15-17-50-45(33)51-28-37)55-20-18-54(19-21-55)29-34-14-16-48(4,5)27-40(34)32-6-8-35(49)9-7-32/h6-13,15,17,24-26,28,31,44,52H,14,16,18-23,27,29-30H2,1-5H3,(H,50,51)(H,53,60). The van der Waals surface area contributed by atoms with Crippen LogP contribution in [0.15, 0.2) is 95.7 Å². The fourth-order valence-electron chi connectivity index (χ4n) is 9.11. The number of halogens is 1. The highest BCUT2D eigenvalue weighted by Crippen LogP contribution is 2.43. The summed E-state index contributed by atoms with van der Waals surface area (Å²) in [6.07, 6.45) is 7.24. The fraction of sp³-hybridized carbons (Fsp3) is 0.396. The Balaban J connectivity index is 1.00. The van der Waals surface area contributed by atoms with Gasteiger partial charge in [0.05, 0.1) is 27.6 Å². The average molecular weight is 939 g/mol. The maximum atomic E-state index is 14.0. The smallest absolute Gasteiger partial charge is 0.295 e. The number of ether oxygens (including phenoxy) is 1. The summed E-state index contributed by atoms with van der Waals surface area (Å²) < 4.78 is 36.1. The van der Waals surface area contributed by atoms with Gasteiger partial charge in [-0.2, -0.15) is 0 Å². The highest BCUT2D eigenvalue weighted by molar-refractivity contribution is 7.90. The van der Waals surface area contributed by atoms with Gasteiger partial charge >= 0.3 is 0 Å². The average Bonchev–Trinajstić information content (AvgIpc) is 3.75. The summed E-state index contributed by atoms with van der Waals surface area (Å²) in [6.45, 7) is 15.8. The summed E-state index contributed by atoms with van der Waals surface area (Å²) in [5.74, 6) is -0.541. The number of fused-ring (bicyclic) bond motifs is 1. The van der Waals surface area contributed by atoms with E-state index in [2.05, 4.69) is 55.9 Å². The molecule has 18 heteroatoms. The number of nitrogens with one attached hydrogen (secondary N) is 3. The number of sulfonamides is 1. The number of H-pyrrole nitrogens is 1. The Morgan fingerprint density at radius 3 is 2.48 bits per heavy atom. The van der Waals surface area contributed by atoms with Crippen molar-refractivity contribution in [3.05, 3.63) is 117 Å². The zero-order valence-corrected chi connectivity index (χ0v) is 39.4. The molecule has 3 aromatic carbocycles. The highest BCUT2D eigenvalue weighted by Gasteiger charge is 2.36. The fourth-order valence-corrected chi connectivity index (χ4v) is 10.2. The largest absolute Gasteiger partial charge is 0.455 e. The van der Waals surface area contributed by atoms with Crippen LogP contribution in [0.5, 0.6) is 11.5 Å². The molecule has 2 amide bonds. The van der Waals surface area contributed by atoms with Crippen LogP contribution in [-0.4, -0.2) is 109 Å². The van der Waals surface area contributed by atoms with Gasteiger partial charge in [0.15, 0.2) is 0 Å². The molecule has 2 aromatic heterocycles. The molecule has 1 aliphatic carbocycles. The van der Waals surface area contributed by atoms with Crippen LogP contribution in [0.25, 0.3) is 16.6 Å². The second-order valence-electron chi connectivity index (χ2n) is 19.2. The molecule has 5 aromatic rings. The lowest BCUT2D eigenvalue weighted by molar-refractivity contribution is -0.384. The number of nitro groups is 1. The number of nitro benzene ring substituents is 1. The number of pyridine rings is 1. The second-order valence-corrected chi connectivity index (χ2v) is 21.3. The molecule has 2 fully saturated rings. The molecule has 1 atom stereocenters. The lowest BCUT2D eigenvalue weighted by Crippen LogP contribution is -2.58. The van der Waals surface area contributed by atoms with Crippen molar-refractivity contribution in [3.63, 3.8) is 0 Å². The van der Waals surface area contributed by atoms with Gasteiger partial charge in [-0.25, -0.2) is 23.1 Å². The molecule has 348 valence electrons. The molecule has 8 rings (SSSR count). The quantitative estimate of drug-likeness (QED) is 0.0583. The number of aromatic amines is 1. The van der Waals surface area contributed by atoms with Crippen molar-refractivity contribution in [3.8, 4) is 11.5 Å². The van der Waals surface area contributed by atoms with Crippen LogP contribution in [0.1, 0.15) is 69.8 Å². The Morgan fingerprint density at radius 1 is 1.02 bits per heavy atom. The number of allylic oxidation sites excluding steroid dienone is 1. The van der Waals surface area contributed by atoms with Crippen molar-refractivity contribution in [1.29, 1.82) is 0 Å². The van der Waals surface area contributed by atoms with Gasteiger partial charge in [-0.15, -0.1) is 0 Å². The molecule has 3 N–H and O–H groups in total. The molecule has 66 heavy (non-hydrogen) atoms. The number of nitrogens with zero attached hydrogens (tertiary/aromatic N) is 6. The number of rotatable bonds is 13. The Morgan fingerprint density at radius 2 is 1.77 bits per heavy atom. The Bertz CT molecular complexity index is 2780. The second kappa shape index (κ2) is 18.7. The van der Waals surface area contributed by atoms with Crippen LogP contribution >= 0.6 is 11.6 Å². The number of amides is 2. The summed E-state index contributed by atoms with van der Waals surface area (Å²) in [5.41, 5.74) is 8.03. The minimum atomic E-state index is -4.63. The Hall–Kier alpha value is -6.01. The predicted molar refractivity (Wildman–Crippen MR) is 256 cm³/mol. The zero-order chi connectivity index (χ0) is 47.0. The molecule has 2 saturated heterocycles. The zero-order valence-electron chi connectivity index (χ0n) is 37.8. The number of aromatic nitrogens is 2. The maximum Gasteiger partial charge on any atom is 0.295 e. The van der Waals surface area contributed by atoms with E-state index < -0.39 is 31.4 Å². The van der Waals surface area contributed by atoms with Gasteiger partial charge in [0.25, 0.3) is 21.6 Å². The number of carbonyl (C=O) groups excluding carboxylic acids is 2. The number of hydrazine groups is 1. The van der Waals surface area contributed by atoms with Gasteiger partial charge in [-0.1, -0.05) is 63.9 Å². The lowest BCUT2D eigenvalue weighted by atomic mass is 9.72. The molecule has 0 radical (unpaired) electrons. The molecule has 1 unspecified atom stereocenters. The Labute approximate surface area is 390 Å². The topological polar surface area (TPSA) is 186 Å². The van der Waals surface area contributed by atoms with E-state index in [9.17, 15) is 28.1 Å². The number of carbonyl (C=O) groups is 2. The van der Waals surface area contributed by atoms with Crippen molar-refractivity contribution in [2.75, 3.05) is 62.7 Å². The number of piperazine rings is 2. The molecular weight excluding hydrogens is 882 g/mol. The van der Waals surface area contributed by atoms with E-state index in [0.717, 1.165) is 67.5 Å². The van der Waals surface area contributed by atoms with Gasteiger partial charge < -0.3 is 24.9 Å². The lowest BCUT2D eigenvalue weighted by Gasteiger charge is -2.45. The summed E-state index contributed by atoms with van der Waals surface area (Å²) in [4.78, 5) is 50.8. The van der Waals surface area contributed by atoms with E-state index in [1.54, 1.807) is 34.3 Å². The SMILES string of the molecule is CC1(C)CCC(CN2CCN(c3ccc(C(=O)NS(=O)(=O)c4ccc(NN5CCN(C=O)C(C(C)(C)C)C5)c([N+](=O)[O-])c4)c(Oc4cnc5[nH]ccc5c4)c3)CC2)=C(c2ccc(Cl)cc2)C1. The van der Waals surface area contributed by atoms with Gasteiger partial charge in [0.1, 0.15) is 22.8 Å². The molecule has 0 spiro atoms. The monoisotopic (exact) mass is 937 g/mol. The first-order valence-electron chi connectivity index (χ1n) is 22.1. The summed E-state index contributed by atoms with van der Waals surface area (Å²) in [5, 5.41) is 15.6. The van der Waals surface area contributed by atoms with Crippen LogP contribution in [0.2, 0.25) is 5.02 Å². The van der Waals surface area contributed by atoms with Gasteiger partial charge in [-0.05, 0) is 89.8 Å². The van der Waals surface area contributed by atoms with Crippen LogP contribution in [0.3, 0.4) is 0 Å². The Kier molecular flexibility index (Phi) is 13.2. The van der Waals surface area contributed by atoms with Crippen molar-refractivity contribution in [1.82, 2.24) is 29.5 Å². The predicted octanol–water partition coefficient (Wildman–Crippen LogP) is 8.34. The minimum Gasteiger partial charge on any atom is -0.455 e. The molecule has 0 bridgehead atoms. The first-order chi connectivity index (χ1) is 31.4. The number of anilines is 2. The van der Waals surface area contributed by atoms with Crippen LogP contribution in [0.4, 0.5) is 17.1 Å². The number of benzene rings is 3. The normalized spacial score (nSPS) is 18.6. The molecule has 0 saturated carbocycles. The van der Waals surface area contributed by atoms with Crippen molar-refractivity contribution < 1.29 is 27.7 Å². The van der Waals surface area contributed by atoms with E-state index in [1.807, 2.05) is 39.0 Å². The van der Waals surface area contributed by atoms with Crippen molar-refractivity contribution in [2.24, 2.45) is 10.8 Å². The number of hydrogen-bond acceptors (Lipinski definition) is 12. The first-order valence-corrected chi connectivity index (χ1v) is 24.0. The minimum absolute atomic E-state index is 0.0623. The summed E-state index contributed by atoms with van der Waals surface area (Å²) in [7, 11) is -4.63. The third-order valence-corrected chi connectivity index (χ3v) is 14.5. The maximum absolute atomic E-state index is 14.0. The van der Waals surface area contributed by atoms with Crippen molar-refractivity contribution >= 4 is 67.6 Å². The summed E-state index contributed by atoms with van der Waals surface area (Å²) >= 11 is 6.25. The van der Waals surface area contributed by atoms with Crippen LogP contribution < -0.4 is 19.8 Å². The van der Waals surface area contributed by atoms with E-state index >= 15 is 0 Å². The van der Waals surface area contributed by atoms with E-state index in [-0.39, 0.29) is 33.9 Å². The van der Waals surface area contributed by atoms with Gasteiger partial charge in [0, 0.05) is 86.8 Å².